The van der Waals surface area contributed by atoms with E-state index in [9.17, 15) is 49.5 Å². The third-order valence-corrected chi connectivity index (χ3v) is 3.45. The molecule has 0 aromatic rings. The van der Waals surface area contributed by atoms with E-state index in [1.54, 1.807) is 0 Å². The second-order valence-corrected chi connectivity index (χ2v) is 4.27. The molecule has 1 aliphatic carbocycles. The van der Waals surface area contributed by atoms with Gasteiger partial charge in [0.1, 0.15) is 0 Å². The van der Waals surface area contributed by atoms with Crippen molar-refractivity contribution < 1.29 is 197 Å². The minimum atomic E-state index is -3.61. The molecule has 0 N–H and O–H groups in total. The molecule has 1 fully saturated rings. The Bertz CT molecular complexity index is 510. The summed E-state index contributed by atoms with van der Waals surface area (Å²) in [4.78, 5) is 54.6. The van der Waals surface area contributed by atoms with Crippen LogP contribution in [0.3, 0.4) is 0 Å². The average Bonchev–Trinajstić information content (AvgIpc) is 2.65. The van der Waals surface area contributed by atoms with Crippen molar-refractivity contribution >= 4 is 29.8 Å². The first-order chi connectivity index (χ1) is 9.08. The average molecular weight is 400 g/mol. The molecule has 3 atom stereocenters. The van der Waals surface area contributed by atoms with Crippen molar-refractivity contribution in [2.24, 2.45) is 23.2 Å². The van der Waals surface area contributed by atoms with Crippen LogP contribution in [0, 0.1) is 23.2 Å². The third-order valence-electron chi connectivity index (χ3n) is 3.45. The van der Waals surface area contributed by atoms with Gasteiger partial charge in [-0.25, -0.2) is 0 Å². The summed E-state index contributed by atoms with van der Waals surface area (Å²) >= 11 is 0. The van der Waals surface area contributed by atoms with Crippen molar-refractivity contribution in [1.82, 2.24) is 0 Å². The Labute approximate surface area is 252 Å². The van der Waals surface area contributed by atoms with Crippen LogP contribution < -0.4 is 173 Å². The van der Waals surface area contributed by atoms with Gasteiger partial charge in [-0.15, -0.1) is 0 Å². The zero-order chi connectivity index (χ0) is 15.8. The molecule has 0 spiro atoms. The minimum absolute atomic E-state index is 0. The molecule has 0 bridgehead atoms. The summed E-state index contributed by atoms with van der Waals surface area (Å²) in [5.74, 6) is -19.4. The van der Waals surface area contributed by atoms with Gasteiger partial charge in [-0.3, -0.25) is 0 Å². The van der Waals surface area contributed by atoms with Crippen LogP contribution >= 0.6 is 0 Å². The smallest absolute Gasteiger partial charge is 0.550 e. The van der Waals surface area contributed by atoms with Crippen molar-refractivity contribution in [3.05, 3.63) is 0 Å². The van der Waals surface area contributed by atoms with E-state index in [4.69, 9.17) is 0 Å². The van der Waals surface area contributed by atoms with Crippen LogP contribution in [0.4, 0.5) is 0 Å². The monoisotopic (exact) mass is 400 g/mol. The quantitative estimate of drug-likeness (QED) is 0.315. The molecule has 1 rings (SSSR count). The van der Waals surface area contributed by atoms with Gasteiger partial charge >= 0.3 is 148 Å². The van der Waals surface area contributed by atoms with Gasteiger partial charge in [0.15, 0.2) is 0 Å². The molecule has 15 heteroatoms. The topological polar surface area (TPSA) is 201 Å². The summed E-state index contributed by atoms with van der Waals surface area (Å²) in [7, 11) is 0. The van der Waals surface area contributed by atoms with Gasteiger partial charge in [0.25, 0.3) is 0 Å². The second-order valence-electron chi connectivity index (χ2n) is 4.27. The van der Waals surface area contributed by atoms with E-state index in [-0.39, 0.29) is 148 Å². The van der Waals surface area contributed by atoms with Gasteiger partial charge in [-0.2, -0.15) is 0 Å². The Morgan fingerprint density at radius 1 is 0.640 bits per heavy atom. The zero-order valence-corrected chi connectivity index (χ0v) is 24.5. The molecule has 25 heavy (non-hydrogen) atoms. The van der Waals surface area contributed by atoms with Crippen molar-refractivity contribution in [3.63, 3.8) is 0 Å². The van der Waals surface area contributed by atoms with Crippen LogP contribution in [0.2, 0.25) is 0 Å². The van der Waals surface area contributed by atoms with Crippen molar-refractivity contribution in [2.45, 2.75) is 6.42 Å². The SMILES string of the molecule is O=C([O-])C1CC(C(=O)[O-])C(C(=O)[O-])(C(=O)[O-])C1C(=O)[O-].[Na+].[Na+].[Na+].[Na+].[Na+]. The van der Waals surface area contributed by atoms with Crippen molar-refractivity contribution in [2.75, 3.05) is 0 Å². The summed E-state index contributed by atoms with van der Waals surface area (Å²) in [6.07, 6.45) is -1.13. The van der Waals surface area contributed by atoms with Gasteiger partial charge in [-0.05, 0) is 6.42 Å². The summed E-state index contributed by atoms with van der Waals surface area (Å²) in [5, 5.41) is 54.6. The second kappa shape index (κ2) is 15.2. The van der Waals surface area contributed by atoms with Crippen LogP contribution in [-0.2, 0) is 24.0 Å². The summed E-state index contributed by atoms with van der Waals surface area (Å²) in [6.45, 7) is 0. The molecule has 0 aromatic carbocycles. The first kappa shape index (κ1) is 38.0. The fourth-order valence-corrected chi connectivity index (χ4v) is 2.60. The van der Waals surface area contributed by atoms with Gasteiger partial charge < -0.3 is 49.5 Å². The normalized spacial score (nSPS) is 22.2. The van der Waals surface area contributed by atoms with Crippen molar-refractivity contribution in [1.29, 1.82) is 0 Å². The van der Waals surface area contributed by atoms with Crippen LogP contribution in [0.1, 0.15) is 6.42 Å². The maximum atomic E-state index is 11.0. The zero-order valence-electron chi connectivity index (χ0n) is 14.5. The van der Waals surface area contributed by atoms with Crippen LogP contribution in [-0.4, -0.2) is 29.8 Å². The standard InChI is InChI=1S/C10H10O10.5Na/c11-5(12)2-1-3(6(13)14)10(8(17)18,9(19)20)4(2)7(15)16;;;;;/h2-4H,1H2,(H,11,12)(H,13,14)(H,15,16)(H,17,18)(H,19,20);;;;;/q;5*+1/p-5. The number of aliphatic carboxylic acids is 5. The molecule has 0 amide bonds. The van der Waals surface area contributed by atoms with E-state index in [0.717, 1.165) is 0 Å². The van der Waals surface area contributed by atoms with E-state index in [1.807, 2.05) is 0 Å². The predicted octanol–water partition coefficient (Wildman–Crippen LogP) is -23.0. The predicted molar refractivity (Wildman–Crippen MR) is 42.6 cm³/mol. The summed E-state index contributed by atoms with van der Waals surface area (Å²) in [5.41, 5.74) is -3.61. The molecule has 1 saturated carbocycles. The van der Waals surface area contributed by atoms with Gasteiger partial charge in [-0.1, -0.05) is 0 Å². The Morgan fingerprint density at radius 3 is 1.20 bits per heavy atom. The Kier molecular flexibility index (Phi) is 23.2. The first-order valence-corrected chi connectivity index (χ1v) is 5.13. The van der Waals surface area contributed by atoms with E-state index < -0.39 is 59.4 Å². The molecular formula is C10H5Na5O10. The number of carboxylic acids is 5. The Morgan fingerprint density at radius 2 is 1.00 bits per heavy atom. The molecule has 0 aromatic heterocycles. The number of carboxylic acid groups (broad SMARTS) is 5. The van der Waals surface area contributed by atoms with E-state index >= 15 is 0 Å². The number of hydrogen-bond acceptors (Lipinski definition) is 10. The van der Waals surface area contributed by atoms with E-state index in [2.05, 4.69) is 0 Å². The molecule has 0 saturated heterocycles. The largest absolute Gasteiger partial charge is 1.00 e. The molecule has 0 aliphatic heterocycles. The van der Waals surface area contributed by atoms with Crippen LogP contribution in [0.5, 0.6) is 0 Å². The fourth-order valence-electron chi connectivity index (χ4n) is 2.60. The number of hydrogen-bond donors (Lipinski definition) is 0. The molecule has 1 aliphatic rings. The van der Waals surface area contributed by atoms with Gasteiger partial charge in [0, 0.05) is 35.7 Å². The molecular weight excluding hydrogens is 395 g/mol. The molecule has 10 nitrogen and oxygen atoms in total. The fraction of sp³-hybridized carbons (Fsp3) is 0.500. The van der Waals surface area contributed by atoms with Crippen LogP contribution in [0.25, 0.3) is 0 Å². The Hall–Kier alpha value is 2.35. The maximum Gasteiger partial charge on any atom is 1.00 e. The molecule has 3 unspecified atom stereocenters. The maximum absolute atomic E-state index is 11.0. The van der Waals surface area contributed by atoms with Crippen LogP contribution in [0.15, 0.2) is 0 Å². The Balaban J connectivity index is -0.000000267. The minimum Gasteiger partial charge on any atom is -0.550 e. The first-order valence-electron chi connectivity index (χ1n) is 5.13. The number of rotatable bonds is 5. The van der Waals surface area contributed by atoms with Crippen molar-refractivity contribution in [3.8, 4) is 0 Å². The molecule has 0 radical (unpaired) electrons. The van der Waals surface area contributed by atoms with E-state index in [0.29, 0.717) is 0 Å². The third kappa shape index (κ3) is 7.27. The number of carbonyl (C=O) groups excluding carboxylic acids is 5. The molecule has 0 heterocycles. The number of carbonyl (C=O) groups is 5. The van der Waals surface area contributed by atoms with Gasteiger partial charge in [0.05, 0.1) is 17.4 Å². The molecule has 110 valence electrons. The summed E-state index contributed by atoms with van der Waals surface area (Å²) < 4.78 is 0. The van der Waals surface area contributed by atoms with E-state index in [1.165, 1.54) is 0 Å². The summed E-state index contributed by atoms with van der Waals surface area (Å²) in [6, 6.07) is 0. The van der Waals surface area contributed by atoms with Gasteiger partial charge in [0.2, 0.25) is 0 Å².